The quantitative estimate of drug-likeness (QED) is 0.796. The number of carbonyl (C=O) groups excluding carboxylic acids is 2. The van der Waals surface area contributed by atoms with Crippen LogP contribution in [-0.2, 0) is 20.8 Å². The molecule has 0 saturated heterocycles. The Hall–Kier alpha value is -2.22. The van der Waals surface area contributed by atoms with Gasteiger partial charge in [-0.1, -0.05) is 30.3 Å². The average Bonchev–Trinajstić information content (AvgIpc) is 2.48. The van der Waals surface area contributed by atoms with Gasteiger partial charge in [0.05, 0.1) is 6.61 Å². The molecule has 1 aromatic rings. The molecule has 0 bridgehead atoms. The highest BCUT2D eigenvalue weighted by molar-refractivity contribution is 5.85. The van der Waals surface area contributed by atoms with Gasteiger partial charge in [-0.3, -0.25) is 4.79 Å². The number of hydrogen-bond donors (Lipinski definition) is 2. The number of halogens is 2. The number of alkyl halides is 2. The van der Waals surface area contributed by atoms with E-state index >= 15 is 0 Å². The van der Waals surface area contributed by atoms with Gasteiger partial charge >= 0.3 is 12.7 Å². The predicted octanol–water partition coefficient (Wildman–Crippen LogP) is 2.44. The second kappa shape index (κ2) is 9.17. The Morgan fingerprint density at radius 1 is 1.17 bits per heavy atom. The summed E-state index contributed by atoms with van der Waals surface area (Å²) in [6, 6.07) is 7.74. The first-order valence-corrected chi connectivity index (χ1v) is 7.38. The van der Waals surface area contributed by atoms with Crippen molar-refractivity contribution in [2.45, 2.75) is 45.6 Å². The zero-order valence-electron chi connectivity index (χ0n) is 13.8. The molecule has 1 rings (SSSR count). The molecule has 0 saturated carbocycles. The summed E-state index contributed by atoms with van der Waals surface area (Å²) in [5.74, 6) is -0.648. The summed E-state index contributed by atoms with van der Waals surface area (Å²) in [6.45, 7) is 1.42. The van der Waals surface area contributed by atoms with E-state index in [0.29, 0.717) is 0 Å². The fraction of sp³-hybridized carbons (Fsp3) is 0.500. The van der Waals surface area contributed by atoms with Gasteiger partial charge in [-0.15, -0.1) is 0 Å². The van der Waals surface area contributed by atoms with E-state index in [-0.39, 0.29) is 6.54 Å². The molecule has 2 amide bonds. The van der Waals surface area contributed by atoms with Crippen molar-refractivity contribution in [2.75, 3.05) is 6.61 Å². The van der Waals surface area contributed by atoms with Gasteiger partial charge < -0.3 is 20.1 Å². The summed E-state index contributed by atoms with van der Waals surface area (Å²) in [5.41, 5.74) is 0.0512. The summed E-state index contributed by atoms with van der Waals surface area (Å²) in [5, 5.41) is 4.79. The molecule has 0 aliphatic heterocycles. The standard InChI is InChI=1S/C16H22F2N2O4/c1-16(2,3)24-15(22)20-12(10-23-14(17)18)13(21)19-9-11-7-5-4-6-8-11/h4-8,12,14H,9-10H2,1-3H3,(H,19,21)(H,20,22)/t12-/m1/s1. The van der Waals surface area contributed by atoms with Crippen LogP contribution in [0.2, 0.25) is 0 Å². The predicted molar refractivity (Wildman–Crippen MR) is 83.4 cm³/mol. The number of alkyl carbamates (subject to hydrolysis) is 1. The Labute approximate surface area is 139 Å². The first kappa shape index (κ1) is 19.8. The third-order valence-corrected chi connectivity index (χ3v) is 2.71. The molecule has 0 fully saturated rings. The Morgan fingerprint density at radius 3 is 2.33 bits per heavy atom. The van der Waals surface area contributed by atoms with Gasteiger partial charge in [-0.25, -0.2) is 4.79 Å². The lowest BCUT2D eigenvalue weighted by atomic mass is 10.2. The third-order valence-electron chi connectivity index (χ3n) is 2.71. The SMILES string of the molecule is CC(C)(C)OC(=O)N[C@H](COC(F)F)C(=O)NCc1ccccc1. The van der Waals surface area contributed by atoms with Crippen LogP contribution in [0.15, 0.2) is 30.3 Å². The molecule has 0 radical (unpaired) electrons. The van der Waals surface area contributed by atoms with E-state index in [4.69, 9.17) is 4.74 Å². The molecule has 0 heterocycles. The highest BCUT2D eigenvalue weighted by atomic mass is 19.3. The van der Waals surface area contributed by atoms with Crippen molar-refractivity contribution in [3.05, 3.63) is 35.9 Å². The number of benzene rings is 1. The molecule has 0 aliphatic carbocycles. The van der Waals surface area contributed by atoms with Crippen LogP contribution >= 0.6 is 0 Å². The summed E-state index contributed by atoms with van der Waals surface area (Å²) < 4.78 is 33.6. The minimum Gasteiger partial charge on any atom is -0.444 e. The molecule has 2 N–H and O–H groups in total. The van der Waals surface area contributed by atoms with Crippen LogP contribution in [0.4, 0.5) is 13.6 Å². The first-order chi connectivity index (χ1) is 11.2. The Balaban J connectivity index is 2.62. The minimum atomic E-state index is -3.05. The van der Waals surface area contributed by atoms with Crippen LogP contribution in [0.3, 0.4) is 0 Å². The molecule has 1 aromatic carbocycles. The topological polar surface area (TPSA) is 76.7 Å². The van der Waals surface area contributed by atoms with E-state index in [1.54, 1.807) is 45.0 Å². The zero-order valence-corrected chi connectivity index (χ0v) is 13.8. The van der Waals surface area contributed by atoms with E-state index in [2.05, 4.69) is 15.4 Å². The Bertz CT molecular complexity index is 533. The zero-order chi connectivity index (χ0) is 18.2. The lowest BCUT2D eigenvalue weighted by Crippen LogP contribution is -2.50. The van der Waals surface area contributed by atoms with Crippen molar-refractivity contribution in [3.63, 3.8) is 0 Å². The largest absolute Gasteiger partial charge is 0.444 e. The van der Waals surface area contributed by atoms with Gasteiger partial charge in [-0.2, -0.15) is 8.78 Å². The molecule has 0 aromatic heterocycles. The molecule has 24 heavy (non-hydrogen) atoms. The van der Waals surface area contributed by atoms with Crippen molar-refractivity contribution >= 4 is 12.0 Å². The van der Waals surface area contributed by atoms with Crippen molar-refractivity contribution in [3.8, 4) is 0 Å². The smallest absolute Gasteiger partial charge is 0.408 e. The van der Waals surface area contributed by atoms with Crippen LogP contribution in [0, 0.1) is 0 Å². The number of carbonyl (C=O) groups is 2. The number of rotatable bonds is 7. The highest BCUT2D eigenvalue weighted by Crippen LogP contribution is 2.07. The fourth-order valence-electron chi connectivity index (χ4n) is 1.71. The van der Waals surface area contributed by atoms with E-state index in [1.165, 1.54) is 0 Å². The molecule has 0 unspecified atom stereocenters. The minimum absolute atomic E-state index is 0.195. The molecule has 1 atom stereocenters. The van der Waals surface area contributed by atoms with Crippen molar-refractivity contribution < 1.29 is 27.8 Å². The molecule has 6 nitrogen and oxygen atoms in total. The van der Waals surface area contributed by atoms with Crippen LogP contribution in [0.5, 0.6) is 0 Å². The maximum Gasteiger partial charge on any atom is 0.408 e. The van der Waals surface area contributed by atoms with Crippen molar-refractivity contribution in [2.24, 2.45) is 0 Å². The number of hydrogen-bond acceptors (Lipinski definition) is 4. The van der Waals surface area contributed by atoms with Gasteiger partial charge in [0, 0.05) is 6.54 Å². The monoisotopic (exact) mass is 344 g/mol. The van der Waals surface area contributed by atoms with E-state index in [1.807, 2.05) is 6.07 Å². The van der Waals surface area contributed by atoms with Gasteiger partial charge in [0.15, 0.2) is 0 Å². The molecular formula is C16H22F2N2O4. The fourth-order valence-corrected chi connectivity index (χ4v) is 1.71. The van der Waals surface area contributed by atoms with Gasteiger partial charge in [0.25, 0.3) is 0 Å². The lowest BCUT2D eigenvalue weighted by molar-refractivity contribution is -0.143. The summed E-state index contributed by atoms with van der Waals surface area (Å²) >= 11 is 0. The first-order valence-electron chi connectivity index (χ1n) is 7.38. The number of amides is 2. The van der Waals surface area contributed by atoms with Crippen LogP contribution in [0.25, 0.3) is 0 Å². The van der Waals surface area contributed by atoms with Gasteiger partial charge in [0.2, 0.25) is 5.91 Å². The van der Waals surface area contributed by atoms with Gasteiger partial charge in [0.1, 0.15) is 11.6 Å². The Kier molecular flexibility index (Phi) is 7.57. The third kappa shape index (κ3) is 8.42. The van der Waals surface area contributed by atoms with E-state index in [0.717, 1.165) is 5.56 Å². The summed E-state index contributed by atoms with van der Waals surface area (Å²) in [4.78, 5) is 23.9. The maximum atomic E-state index is 12.2. The normalized spacial score (nSPS) is 12.6. The van der Waals surface area contributed by atoms with E-state index in [9.17, 15) is 18.4 Å². The molecular weight excluding hydrogens is 322 g/mol. The molecule has 8 heteroatoms. The van der Waals surface area contributed by atoms with E-state index < -0.39 is 36.9 Å². The van der Waals surface area contributed by atoms with Gasteiger partial charge in [-0.05, 0) is 26.3 Å². The second-order valence-corrected chi connectivity index (χ2v) is 6.00. The van der Waals surface area contributed by atoms with Crippen LogP contribution in [0.1, 0.15) is 26.3 Å². The van der Waals surface area contributed by atoms with Crippen molar-refractivity contribution in [1.29, 1.82) is 0 Å². The average molecular weight is 344 g/mol. The van der Waals surface area contributed by atoms with Crippen molar-refractivity contribution in [1.82, 2.24) is 10.6 Å². The number of ether oxygens (including phenoxy) is 2. The highest BCUT2D eigenvalue weighted by Gasteiger charge is 2.25. The maximum absolute atomic E-state index is 12.2. The second-order valence-electron chi connectivity index (χ2n) is 6.00. The van der Waals surface area contributed by atoms with Crippen LogP contribution < -0.4 is 10.6 Å². The summed E-state index contributed by atoms with van der Waals surface area (Å²) in [6.07, 6.45) is -0.889. The lowest BCUT2D eigenvalue weighted by Gasteiger charge is -2.23. The molecule has 0 spiro atoms. The molecule has 134 valence electrons. The number of nitrogens with one attached hydrogen (secondary N) is 2. The molecule has 0 aliphatic rings. The van der Waals surface area contributed by atoms with Crippen LogP contribution in [-0.4, -0.2) is 36.9 Å². The summed E-state index contributed by atoms with van der Waals surface area (Å²) in [7, 11) is 0. The Morgan fingerprint density at radius 2 is 1.79 bits per heavy atom.